The molecule has 0 aliphatic carbocycles. The average Bonchev–Trinajstić information content (AvgIpc) is 3.09. The van der Waals surface area contributed by atoms with Crippen molar-refractivity contribution in [3.05, 3.63) is 86.8 Å². The Balaban J connectivity index is 1.74. The van der Waals surface area contributed by atoms with Gasteiger partial charge in [0, 0.05) is 7.05 Å². The van der Waals surface area contributed by atoms with Crippen LogP contribution in [0.1, 0.15) is 17.9 Å². The lowest BCUT2D eigenvalue weighted by Crippen LogP contribution is -2.37. The number of anilines is 2. The first-order valence-corrected chi connectivity index (χ1v) is 9.48. The molecule has 0 aliphatic heterocycles. The molecule has 0 aliphatic rings. The zero-order valence-electron chi connectivity index (χ0n) is 16.6. The lowest BCUT2D eigenvalue weighted by atomic mass is 10.2. The van der Waals surface area contributed by atoms with E-state index in [1.54, 1.807) is 24.3 Å². The van der Waals surface area contributed by atoms with Crippen LogP contribution in [0.5, 0.6) is 0 Å². The summed E-state index contributed by atoms with van der Waals surface area (Å²) in [6.45, 7) is -2.77. The normalized spacial score (nSPS) is 11.4. The fraction of sp³-hybridized carbons (Fsp3) is 0.190. The van der Waals surface area contributed by atoms with Crippen molar-refractivity contribution in [3.8, 4) is 0 Å². The highest BCUT2D eigenvalue weighted by Gasteiger charge is 2.22. The highest BCUT2D eigenvalue weighted by atomic mass is 19.3. The number of nitrogen functional groups attached to an aromatic ring is 1. The van der Waals surface area contributed by atoms with Gasteiger partial charge in [0.1, 0.15) is 17.3 Å². The van der Waals surface area contributed by atoms with Gasteiger partial charge in [-0.05, 0) is 17.7 Å². The Kier molecular flexibility index (Phi) is 5.28. The van der Waals surface area contributed by atoms with Crippen LogP contribution in [0.2, 0.25) is 0 Å². The van der Waals surface area contributed by atoms with Crippen molar-refractivity contribution in [3.63, 3.8) is 0 Å². The molecule has 4 aromatic rings. The van der Waals surface area contributed by atoms with Gasteiger partial charge in [0.05, 0.1) is 24.1 Å². The Morgan fingerprint density at radius 1 is 1.10 bits per heavy atom. The van der Waals surface area contributed by atoms with E-state index in [0.29, 0.717) is 5.52 Å². The van der Waals surface area contributed by atoms with Gasteiger partial charge in [-0.25, -0.2) is 9.78 Å². The second-order valence-corrected chi connectivity index (χ2v) is 7.09. The molecule has 0 saturated heterocycles. The van der Waals surface area contributed by atoms with Crippen LogP contribution in [0.4, 0.5) is 20.3 Å². The molecule has 4 rings (SSSR count). The maximum atomic E-state index is 13.7. The molecule has 160 valence electrons. The van der Waals surface area contributed by atoms with Crippen molar-refractivity contribution in [1.82, 2.24) is 19.1 Å². The number of H-pyrrole nitrogens is 1. The number of nitrogens with two attached hydrogens (primary N) is 1. The van der Waals surface area contributed by atoms with Crippen molar-refractivity contribution >= 4 is 22.5 Å². The summed E-state index contributed by atoms with van der Waals surface area (Å²) in [5.41, 5.74) is 6.36. The maximum Gasteiger partial charge on any atom is 0.330 e. The standard InChI is InChI=1S/C21H20F2N6O2/c1-27(12-16-25-14-9-5-6-10-15(14)29(16)20(22)23)17-18(24)28(21(31)26-19(17)30)11-13-7-3-2-4-8-13/h2-10,20H,11-12,24H2,1H3,(H,26,30,31). The van der Waals surface area contributed by atoms with E-state index >= 15 is 0 Å². The topological polar surface area (TPSA) is 102 Å². The van der Waals surface area contributed by atoms with E-state index in [0.717, 1.165) is 10.1 Å². The molecule has 0 fully saturated rings. The Morgan fingerprint density at radius 2 is 1.77 bits per heavy atom. The van der Waals surface area contributed by atoms with E-state index in [9.17, 15) is 18.4 Å². The highest BCUT2D eigenvalue weighted by molar-refractivity contribution is 5.76. The van der Waals surface area contributed by atoms with Crippen molar-refractivity contribution in [1.29, 1.82) is 0 Å². The Hall–Kier alpha value is -3.95. The minimum Gasteiger partial charge on any atom is -0.383 e. The number of nitrogens with zero attached hydrogens (tertiary/aromatic N) is 4. The number of benzene rings is 2. The van der Waals surface area contributed by atoms with Gasteiger partial charge in [-0.15, -0.1) is 0 Å². The number of alkyl halides is 2. The van der Waals surface area contributed by atoms with Crippen molar-refractivity contribution in [2.45, 2.75) is 19.6 Å². The molecule has 31 heavy (non-hydrogen) atoms. The molecule has 2 aromatic carbocycles. The summed E-state index contributed by atoms with van der Waals surface area (Å²) < 4.78 is 29.5. The summed E-state index contributed by atoms with van der Waals surface area (Å²) in [6, 6.07) is 15.7. The van der Waals surface area contributed by atoms with Crippen molar-refractivity contribution in [2.24, 2.45) is 0 Å². The minimum atomic E-state index is -2.81. The SMILES string of the molecule is CN(Cc1nc2ccccc2n1C(F)F)c1c(N)n(Cc2ccccc2)c(=O)[nH]c1=O. The smallest absolute Gasteiger partial charge is 0.330 e. The van der Waals surface area contributed by atoms with Crippen LogP contribution in [0.25, 0.3) is 11.0 Å². The largest absolute Gasteiger partial charge is 0.383 e. The third kappa shape index (κ3) is 3.79. The number of hydrogen-bond acceptors (Lipinski definition) is 5. The molecule has 0 radical (unpaired) electrons. The summed E-state index contributed by atoms with van der Waals surface area (Å²) in [4.78, 5) is 32.8. The quantitative estimate of drug-likeness (QED) is 0.493. The molecule has 0 saturated carbocycles. The van der Waals surface area contributed by atoms with Crippen LogP contribution < -0.4 is 21.9 Å². The molecule has 3 N–H and O–H groups in total. The molecule has 0 unspecified atom stereocenters. The number of fused-ring (bicyclic) bond motifs is 1. The third-order valence-corrected chi connectivity index (χ3v) is 5.02. The Morgan fingerprint density at radius 3 is 2.48 bits per heavy atom. The highest BCUT2D eigenvalue weighted by Crippen LogP contribution is 2.25. The Labute approximate surface area is 175 Å². The van der Waals surface area contributed by atoms with Gasteiger partial charge in [-0.1, -0.05) is 42.5 Å². The summed E-state index contributed by atoms with van der Waals surface area (Å²) in [5, 5.41) is 0. The molecule has 8 nitrogen and oxygen atoms in total. The first kappa shape index (κ1) is 20.3. The lowest BCUT2D eigenvalue weighted by molar-refractivity contribution is 0.0715. The van der Waals surface area contributed by atoms with Gasteiger partial charge in [0.25, 0.3) is 5.56 Å². The van der Waals surface area contributed by atoms with Crippen molar-refractivity contribution in [2.75, 3.05) is 17.7 Å². The number of imidazole rings is 1. The Bertz CT molecular complexity index is 1340. The minimum absolute atomic E-state index is 0.00315. The summed E-state index contributed by atoms with van der Waals surface area (Å²) in [7, 11) is 1.54. The zero-order valence-corrected chi connectivity index (χ0v) is 16.6. The van der Waals surface area contributed by atoms with Crippen molar-refractivity contribution < 1.29 is 8.78 Å². The maximum absolute atomic E-state index is 13.7. The predicted octanol–water partition coefficient (Wildman–Crippen LogP) is 2.55. The average molecular weight is 426 g/mol. The summed E-state index contributed by atoms with van der Waals surface area (Å²) >= 11 is 0. The van der Waals surface area contributed by atoms with Gasteiger partial charge in [-0.3, -0.25) is 18.9 Å². The van der Waals surface area contributed by atoms with Crippen LogP contribution in [0.15, 0.2) is 64.2 Å². The molecule has 2 heterocycles. The van der Waals surface area contributed by atoms with E-state index in [1.165, 1.54) is 16.5 Å². The monoisotopic (exact) mass is 426 g/mol. The van der Waals surface area contributed by atoms with Gasteiger partial charge in [0.15, 0.2) is 0 Å². The number of rotatable bonds is 6. The number of aromatic amines is 1. The van der Waals surface area contributed by atoms with Gasteiger partial charge < -0.3 is 10.6 Å². The number of nitrogens with one attached hydrogen (secondary N) is 1. The van der Waals surface area contributed by atoms with E-state index < -0.39 is 17.8 Å². The number of para-hydroxylation sites is 2. The van der Waals surface area contributed by atoms with Crippen LogP contribution in [-0.2, 0) is 13.1 Å². The summed E-state index contributed by atoms with van der Waals surface area (Å²) in [6.07, 6.45) is 0. The first-order chi connectivity index (χ1) is 14.9. The molecule has 10 heteroatoms. The second-order valence-electron chi connectivity index (χ2n) is 7.09. The van der Waals surface area contributed by atoms with E-state index in [4.69, 9.17) is 5.73 Å². The molecular weight excluding hydrogens is 406 g/mol. The number of halogens is 2. The number of hydrogen-bond donors (Lipinski definition) is 2. The molecular formula is C21H20F2N6O2. The molecule has 0 bridgehead atoms. The summed E-state index contributed by atoms with van der Waals surface area (Å²) in [5.74, 6) is 0.0121. The van der Waals surface area contributed by atoms with E-state index in [1.807, 2.05) is 30.3 Å². The van der Waals surface area contributed by atoms with Gasteiger partial charge in [-0.2, -0.15) is 8.78 Å². The fourth-order valence-corrected chi connectivity index (χ4v) is 3.58. The number of aromatic nitrogens is 4. The van der Waals surface area contributed by atoms with Crippen LogP contribution >= 0.6 is 0 Å². The second kappa shape index (κ2) is 8.05. The van der Waals surface area contributed by atoms with Crippen LogP contribution in [0, 0.1) is 0 Å². The van der Waals surface area contributed by atoms with Gasteiger partial charge >= 0.3 is 12.2 Å². The van der Waals surface area contributed by atoms with Crippen LogP contribution in [0.3, 0.4) is 0 Å². The molecule has 0 atom stereocenters. The third-order valence-electron chi connectivity index (χ3n) is 5.02. The molecule has 0 spiro atoms. The van der Waals surface area contributed by atoms with Crippen LogP contribution in [-0.4, -0.2) is 26.1 Å². The van der Waals surface area contributed by atoms with E-state index in [-0.39, 0.29) is 35.9 Å². The lowest BCUT2D eigenvalue weighted by Gasteiger charge is -2.22. The molecule has 2 aromatic heterocycles. The first-order valence-electron chi connectivity index (χ1n) is 9.48. The molecule has 0 amide bonds. The van der Waals surface area contributed by atoms with E-state index in [2.05, 4.69) is 9.97 Å². The van der Waals surface area contributed by atoms with Gasteiger partial charge in [0.2, 0.25) is 0 Å². The fourth-order valence-electron chi connectivity index (χ4n) is 3.58. The predicted molar refractivity (Wildman–Crippen MR) is 114 cm³/mol. The zero-order chi connectivity index (χ0) is 22.1.